The van der Waals surface area contributed by atoms with Gasteiger partial charge in [0.05, 0.1) is 12.7 Å². The van der Waals surface area contributed by atoms with Crippen LogP contribution in [0.4, 0.5) is 0 Å². The van der Waals surface area contributed by atoms with Gasteiger partial charge in [0, 0.05) is 0 Å². The Kier molecular flexibility index (Phi) is 3.03. The van der Waals surface area contributed by atoms with Gasteiger partial charge in [-0.3, -0.25) is 0 Å². The van der Waals surface area contributed by atoms with E-state index in [1.54, 1.807) is 6.92 Å². The van der Waals surface area contributed by atoms with Crippen LogP contribution in [0.2, 0.25) is 0 Å². The van der Waals surface area contributed by atoms with Gasteiger partial charge in [0.25, 0.3) is 0 Å². The summed E-state index contributed by atoms with van der Waals surface area (Å²) in [5.41, 5.74) is 0. The summed E-state index contributed by atoms with van der Waals surface area (Å²) < 4.78 is 5.02. The molecule has 1 saturated heterocycles. The summed E-state index contributed by atoms with van der Waals surface area (Å²) in [6, 6.07) is 0. The average Bonchev–Trinajstić information content (AvgIpc) is 2.08. The van der Waals surface area contributed by atoms with E-state index < -0.39 is 30.5 Å². The predicted molar refractivity (Wildman–Crippen MR) is 39.4 cm³/mol. The molecule has 0 saturated carbocycles. The molecule has 1 rings (SSSR count). The van der Waals surface area contributed by atoms with Gasteiger partial charge < -0.3 is 25.2 Å². The van der Waals surface area contributed by atoms with Crippen LogP contribution < -0.4 is 0 Å². The number of hydrogen-bond acceptors (Lipinski definition) is 5. The molecule has 0 aromatic rings. The quantitative estimate of drug-likeness (QED) is 0.367. The molecule has 1 aliphatic rings. The lowest BCUT2D eigenvalue weighted by Crippen LogP contribution is -2.57. The summed E-state index contributed by atoms with van der Waals surface area (Å²) in [7, 11) is 0. The van der Waals surface area contributed by atoms with Crippen molar-refractivity contribution in [3.05, 3.63) is 0 Å². The second kappa shape index (κ2) is 3.68. The summed E-state index contributed by atoms with van der Waals surface area (Å²) in [6.07, 6.45) is -4.94. The molecule has 0 aliphatic carbocycles. The van der Waals surface area contributed by atoms with Crippen molar-refractivity contribution in [2.75, 3.05) is 6.61 Å². The van der Waals surface area contributed by atoms with E-state index in [0.717, 1.165) is 0 Å². The van der Waals surface area contributed by atoms with Gasteiger partial charge in [0.1, 0.15) is 24.4 Å². The van der Waals surface area contributed by atoms with Crippen LogP contribution in [0, 0.1) is 0 Å². The highest BCUT2D eigenvalue weighted by Gasteiger charge is 2.41. The fourth-order valence-electron chi connectivity index (χ4n) is 1.29. The zero-order valence-electron chi connectivity index (χ0n) is 6.79. The highest BCUT2D eigenvalue weighted by Crippen LogP contribution is 2.20. The van der Waals surface area contributed by atoms with Crippen LogP contribution in [0.1, 0.15) is 6.92 Å². The Morgan fingerprint density at radius 2 is 1.67 bits per heavy atom. The van der Waals surface area contributed by atoms with Crippen LogP contribution >= 0.6 is 0 Å². The Morgan fingerprint density at radius 3 is 2.17 bits per heavy atom. The fourth-order valence-corrected chi connectivity index (χ4v) is 1.29. The smallest absolute Gasteiger partial charge is 0.111 e. The third-order valence-electron chi connectivity index (χ3n) is 2.13. The van der Waals surface area contributed by atoms with E-state index in [1.807, 2.05) is 0 Å². The maximum atomic E-state index is 9.23. The molecule has 1 heterocycles. The molecule has 4 N–H and O–H groups in total. The Balaban J connectivity index is 2.63. The topological polar surface area (TPSA) is 90.2 Å². The van der Waals surface area contributed by atoms with E-state index in [9.17, 15) is 15.3 Å². The van der Waals surface area contributed by atoms with Gasteiger partial charge in [0.15, 0.2) is 0 Å². The molecule has 0 spiro atoms. The molecule has 0 amide bonds. The third kappa shape index (κ3) is 1.60. The largest absolute Gasteiger partial charge is 0.394 e. The first-order valence-corrected chi connectivity index (χ1v) is 3.88. The molecule has 12 heavy (non-hydrogen) atoms. The predicted octanol–water partition coefficient (Wildman–Crippen LogP) is -2.15. The molecule has 5 atom stereocenters. The van der Waals surface area contributed by atoms with Crippen LogP contribution in [0.25, 0.3) is 0 Å². The van der Waals surface area contributed by atoms with Crippen molar-refractivity contribution < 1.29 is 25.2 Å². The minimum absolute atomic E-state index is 0.366. The standard InChI is InChI=1S/C7H14O5/c1-3-5(9)7(11)6(10)4(2-8)12-3/h3-11H,2H2,1H3/t3?,4-,5+,6+,7-/m0/s1. The highest BCUT2D eigenvalue weighted by molar-refractivity contribution is 4.89. The van der Waals surface area contributed by atoms with Gasteiger partial charge in [-0.15, -0.1) is 0 Å². The van der Waals surface area contributed by atoms with Crippen LogP contribution in [-0.2, 0) is 4.74 Å². The molecular formula is C7H14O5. The Bertz CT molecular complexity index is 146. The van der Waals surface area contributed by atoms with Crippen LogP contribution in [-0.4, -0.2) is 57.6 Å². The van der Waals surface area contributed by atoms with E-state index in [-0.39, 0.29) is 6.61 Å². The van der Waals surface area contributed by atoms with E-state index in [2.05, 4.69) is 0 Å². The number of aliphatic hydroxyl groups excluding tert-OH is 4. The second-order valence-electron chi connectivity index (χ2n) is 3.03. The zero-order chi connectivity index (χ0) is 9.30. The van der Waals surface area contributed by atoms with Crippen molar-refractivity contribution >= 4 is 0 Å². The van der Waals surface area contributed by atoms with Crippen molar-refractivity contribution in [1.82, 2.24) is 0 Å². The molecule has 1 fully saturated rings. The van der Waals surface area contributed by atoms with Gasteiger partial charge in [0.2, 0.25) is 0 Å². The first kappa shape index (κ1) is 9.88. The molecule has 0 radical (unpaired) electrons. The van der Waals surface area contributed by atoms with Gasteiger partial charge in [-0.05, 0) is 6.92 Å². The van der Waals surface area contributed by atoms with Crippen LogP contribution in [0.3, 0.4) is 0 Å². The van der Waals surface area contributed by atoms with Crippen molar-refractivity contribution in [3.63, 3.8) is 0 Å². The van der Waals surface area contributed by atoms with Gasteiger partial charge >= 0.3 is 0 Å². The van der Waals surface area contributed by atoms with Crippen molar-refractivity contribution in [1.29, 1.82) is 0 Å². The molecule has 0 bridgehead atoms. The van der Waals surface area contributed by atoms with Crippen molar-refractivity contribution in [2.45, 2.75) is 37.4 Å². The minimum atomic E-state index is -1.24. The molecule has 5 nitrogen and oxygen atoms in total. The monoisotopic (exact) mass is 178 g/mol. The van der Waals surface area contributed by atoms with E-state index in [1.165, 1.54) is 0 Å². The summed E-state index contributed by atoms with van der Waals surface area (Å²) in [4.78, 5) is 0. The lowest BCUT2D eigenvalue weighted by molar-refractivity contribution is -0.224. The Morgan fingerprint density at radius 1 is 1.08 bits per heavy atom. The van der Waals surface area contributed by atoms with Gasteiger partial charge in [-0.25, -0.2) is 0 Å². The summed E-state index contributed by atoms with van der Waals surface area (Å²) >= 11 is 0. The Labute approximate surface area is 70.2 Å². The molecule has 0 aromatic heterocycles. The second-order valence-corrected chi connectivity index (χ2v) is 3.03. The lowest BCUT2D eigenvalue weighted by atomic mass is 9.96. The third-order valence-corrected chi connectivity index (χ3v) is 2.13. The zero-order valence-corrected chi connectivity index (χ0v) is 6.79. The normalized spacial score (nSPS) is 49.2. The summed E-state index contributed by atoms with van der Waals surface area (Å²) in [5.74, 6) is 0. The van der Waals surface area contributed by atoms with E-state index in [0.29, 0.717) is 0 Å². The molecule has 1 unspecified atom stereocenters. The lowest BCUT2D eigenvalue weighted by Gasteiger charge is -2.38. The average molecular weight is 178 g/mol. The number of ether oxygens (including phenoxy) is 1. The fraction of sp³-hybridized carbons (Fsp3) is 1.00. The van der Waals surface area contributed by atoms with Gasteiger partial charge in [-0.2, -0.15) is 0 Å². The van der Waals surface area contributed by atoms with Crippen LogP contribution in [0.15, 0.2) is 0 Å². The van der Waals surface area contributed by atoms with Crippen LogP contribution in [0.5, 0.6) is 0 Å². The molecule has 1 aliphatic heterocycles. The first-order chi connectivity index (χ1) is 5.57. The van der Waals surface area contributed by atoms with Gasteiger partial charge in [-0.1, -0.05) is 0 Å². The number of rotatable bonds is 1. The maximum absolute atomic E-state index is 9.23. The maximum Gasteiger partial charge on any atom is 0.111 e. The van der Waals surface area contributed by atoms with Crippen molar-refractivity contribution in [2.24, 2.45) is 0 Å². The molecule has 72 valence electrons. The molecule has 5 heteroatoms. The minimum Gasteiger partial charge on any atom is -0.394 e. The number of hydrogen-bond donors (Lipinski definition) is 4. The summed E-state index contributed by atoms with van der Waals surface area (Å²) in [6.45, 7) is 1.21. The van der Waals surface area contributed by atoms with E-state index >= 15 is 0 Å². The van der Waals surface area contributed by atoms with Crippen molar-refractivity contribution in [3.8, 4) is 0 Å². The highest BCUT2D eigenvalue weighted by atomic mass is 16.5. The Hall–Kier alpha value is -0.200. The first-order valence-electron chi connectivity index (χ1n) is 3.88. The SMILES string of the molecule is CC1O[C@@H](CO)[C@@H](O)[C@@H](O)[C@@H]1O. The summed E-state index contributed by atoms with van der Waals surface area (Å²) in [5, 5.41) is 36.4. The molecular weight excluding hydrogens is 164 g/mol. The van der Waals surface area contributed by atoms with E-state index in [4.69, 9.17) is 9.84 Å². The molecule has 0 aromatic carbocycles. The number of aliphatic hydroxyl groups is 4.